The average Bonchev–Trinajstić information content (AvgIpc) is 2.66. The highest BCUT2D eigenvalue weighted by molar-refractivity contribution is 7.80. The van der Waals surface area contributed by atoms with Gasteiger partial charge in [-0.05, 0) is 50.4 Å². The second kappa shape index (κ2) is 5.67. The van der Waals surface area contributed by atoms with Gasteiger partial charge in [0.2, 0.25) is 0 Å². The molecule has 0 unspecified atom stereocenters. The Morgan fingerprint density at radius 3 is 2.83 bits per heavy atom. The number of aryl methyl sites for hydroxylation is 1. The minimum atomic E-state index is -0.365. The Hall–Kier alpha value is -1.14. The van der Waals surface area contributed by atoms with Gasteiger partial charge in [-0.2, -0.15) is 0 Å². The maximum atomic E-state index is 11.6. The number of hydrogen-bond acceptors (Lipinski definition) is 3. The predicted molar refractivity (Wildman–Crippen MR) is 79.4 cm³/mol. The molecule has 0 fully saturated rings. The lowest BCUT2D eigenvalue weighted by Crippen LogP contribution is -2.28. The summed E-state index contributed by atoms with van der Waals surface area (Å²) in [5, 5.41) is 7.44. The number of carbonyl (C=O) groups is 1. The van der Waals surface area contributed by atoms with Gasteiger partial charge in [-0.15, -0.1) is 11.3 Å². The van der Waals surface area contributed by atoms with E-state index in [9.17, 15) is 4.79 Å². The molecule has 0 radical (unpaired) electrons. The summed E-state index contributed by atoms with van der Waals surface area (Å²) in [5.74, 6) is -0.365. The first-order valence-corrected chi connectivity index (χ1v) is 7.35. The minimum Gasteiger partial charge on any atom is -0.365 e. The Bertz CT molecular complexity index is 482. The smallest absolute Gasteiger partial charge is 0.251 e. The van der Waals surface area contributed by atoms with Crippen molar-refractivity contribution in [1.29, 1.82) is 0 Å². The zero-order chi connectivity index (χ0) is 13.1. The van der Waals surface area contributed by atoms with Crippen molar-refractivity contribution < 1.29 is 4.79 Å². The summed E-state index contributed by atoms with van der Waals surface area (Å²) in [4.78, 5) is 12.9. The fourth-order valence-electron chi connectivity index (χ4n) is 2.22. The number of anilines is 1. The van der Waals surface area contributed by atoms with Gasteiger partial charge in [0, 0.05) is 11.4 Å². The van der Waals surface area contributed by atoms with Crippen LogP contribution in [0.5, 0.6) is 0 Å². The monoisotopic (exact) mass is 283 g/mol. The largest absolute Gasteiger partial charge is 0.365 e. The topological polar surface area (TPSA) is 67.2 Å². The molecule has 1 heterocycles. The van der Waals surface area contributed by atoms with Gasteiger partial charge in [0.25, 0.3) is 5.91 Å². The molecule has 4 nitrogen and oxygen atoms in total. The Labute approximate surface area is 116 Å². The van der Waals surface area contributed by atoms with Gasteiger partial charge < -0.3 is 16.4 Å². The number of rotatable bonds is 3. The number of thiophene rings is 1. The molecule has 1 aromatic heterocycles. The van der Waals surface area contributed by atoms with Crippen molar-refractivity contribution in [2.24, 2.45) is 5.73 Å². The Kier molecular flexibility index (Phi) is 4.19. The molecule has 98 valence electrons. The summed E-state index contributed by atoms with van der Waals surface area (Å²) < 4.78 is 0. The van der Waals surface area contributed by atoms with E-state index >= 15 is 0 Å². The molecule has 0 aromatic carbocycles. The van der Waals surface area contributed by atoms with Gasteiger partial charge in [0.05, 0.1) is 5.56 Å². The van der Waals surface area contributed by atoms with Crippen molar-refractivity contribution in [3.05, 3.63) is 16.0 Å². The second-order valence-electron chi connectivity index (χ2n) is 4.26. The maximum Gasteiger partial charge on any atom is 0.251 e. The fraction of sp³-hybridized carbons (Fsp3) is 0.500. The number of thiocarbonyl (C=S) groups is 1. The SMILES string of the molecule is CCNC(=S)Nc1sc2c(c1C(N)=O)CCCC2. The molecule has 0 spiro atoms. The molecular formula is C12H17N3OS2. The van der Waals surface area contributed by atoms with Crippen LogP contribution in [-0.4, -0.2) is 17.6 Å². The Morgan fingerprint density at radius 2 is 2.17 bits per heavy atom. The molecule has 1 aliphatic rings. The van der Waals surface area contributed by atoms with Crippen molar-refractivity contribution >= 4 is 39.6 Å². The number of hydrogen-bond donors (Lipinski definition) is 3. The summed E-state index contributed by atoms with van der Waals surface area (Å²) in [7, 11) is 0. The van der Waals surface area contributed by atoms with Crippen LogP contribution in [0.15, 0.2) is 0 Å². The normalized spacial score (nSPS) is 13.8. The highest BCUT2D eigenvalue weighted by Gasteiger charge is 2.24. The van der Waals surface area contributed by atoms with Crippen LogP contribution in [0.4, 0.5) is 5.00 Å². The molecule has 0 saturated carbocycles. The van der Waals surface area contributed by atoms with Crippen LogP contribution in [-0.2, 0) is 12.8 Å². The summed E-state index contributed by atoms with van der Waals surface area (Å²) in [6.07, 6.45) is 4.29. The first-order chi connectivity index (χ1) is 8.63. The third-order valence-corrected chi connectivity index (χ3v) is 4.44. The van der Waals surface area contributed by atoms with Gasteiger partial charge in [-0.3, -0.25) is 4.79 Å². The molecule has 1 aliphatic carbocycles. The number of primary amides is 1. The van der Waals surface area contributed by atoms with E-state index in [1.807, 2.05) is 6.92 Å². The molecule has 1 aromatic rings. The number of amides is 1. The highest BCUT2D eigenvalue weighted by atomic mass is 32.1. The Morgan fingerprint density at radius 1 is 1.44 bits per heavy atom. The van der Waals surface area contributed by atoms with Crippen LogP contribution >= 0.6 is 23.6 Å². The molecule has 0 aliphatic heterocycles. The van der Waals surface area contributed by atoms with Crippen LogP contribution in [0, 0.1) is 0 Å². The average molecular weight is 283 g/mol. The van der Waals surface area contributed by atoms with E-state index < -0.39 is 0 Å². The quantitative estimate of drug-likeness (QED) is 0.743. The second-order valence-corrected chi connectivity index (χ2v) is 5.78. The lowest BCUT2D eigenvalue weighted by atomic mass is 9.95. The fourth-order valence-corrected chi connectivity index (χ4v) is 3.83. The standard InChI is InChI=1S/C12H17N3OS2/c1-2-14-12(17)15-11-9(10(13)16)7-5-3-4-6-8(7)18-11/h2-6H2,1H3,(H2,13,16)(H2,14,15,17). The van der Waals surface area contributed by atoms with Crippen molar-refractivity contribution in [1.82, 2.24) is 5.32 Å². The van der Waals surface area contributed by atoms with Crippen LogP contribution in [0.25, 0.3) is 0 Å². The number of nitrogens with two attached hydrogens (primary N) is 1. The number of nitrogens with one attached hydrogen (secondary N) is 2. The third-order valence-electron chi connectivity index (χ3n) is 2.98. The zero-order valence-corrected chi connectivity index (χ0v) is 12.0. The Balaban J connectivity index is 2.31. The molecule has 0 saturated heterocycles. The number of fused-ring (bicyclic) bond motifs is 1. The molecule has 0 bridgehead atoms. The van der Waals surface area contributed by atoms with Gasteiger partial charge in [0.1, 0.15) is 5.00 Å². The van der Waals surface area contributed by atoms with Gasteiger partial charge in [-0.25, -0.2) is 0 Å². The lowest BCUT2D eigenvalue weighted by molar-refractivity contribution is 0.100. The molecule has 6 heteroatoms. The number of carbonyl (C=O) groups excluding carboxylic acids is 1. The van der Waals surface area contributed by atoms with E-state index in [2.05, 4.69) is 10.6 Å². The van der Waals surface area contributed by atoms with Crippen LogP contribution in [0.1, 0.15) is 40.6 Å². The first kappa shape index (κ1) is 13.3. The highest BCUT2D eigenvalue weighted by Crippen LogP contribution is 2.37. The molecule has 2 rings (SSSR count). The van der Waals surface area contributed by atoms with Crippen molar-refractivity contribution in [2.75, 3.05) is 11.9 Å². The molecular weight excluding hydrogens is 266 g/mol. The summed E-state index contributed by atoms with van der Waals surface area (Å²) in [6, 6.07) is 0. The van der Waals surface area contributed by atoms with Crippen LogP contribution < -0.4 is 16.4 Å². The van der Waals surface area contributed by atoms with Gasteiger partial charge in [-0.1, -0.05) is 0 Å². The van der Waals surface area contributed by atoms with E-state index in [-0.39, 0.29) is 5.91 Å². The van der Waals surface area contributed by atoms with Gasteiger partial charge >= 0.3 is 0 Å². The zero-order valence-electron chi connectivity index (χ0n) is 10.3. The molecule has 18 heavy (non-hydrogen) atoms. The first-order valence-electron chi connectivity index (χ1n) is 6.12. The van der Waals surface area contributed by atoms with Crippen LogP contribution in [0.2, 0.25) is 0 Å². The van der Waals surface area contributed by atoms with Crippen LogP contribution in [0.3, 0.4) is 0 Å². The summed E-state index contributed by atoms with van der Waals surface area (Å²) in [5.41, 5.74) is 7.26. The lowest BCUT2D eigenvalue weighted by Gasteiger charge is -2.11. The molecule has 4 N–H and O–H groups in total. The van der Waals surface area contributed by atoms with Gasteiger partial charge in [0.15, 0.2) is 5.11 Å². The van der Waals surface area contributed by atoms with E-state index in [1.54, 1.807) is 11.3 Å². The summed E-state index contributed by atoms with van der Waals surface area (Å²) >= 11 is 6.76. The van der Waals surface area contributed by atoms with E-state index in [4.69, 9.17) is 18.0 Å². The van der Waals surface area contributed by atoms with Crippen molar-refractivity contribution in [3.8, 4) is 0 Å². The van der Waals surface area contributed by atoms with E-state index in [0.717, 1.165) is 36.4 Å². The van der Waals surface area contributed by atoms with E-state index in [0.29, 0.717) is 10.7 Å². The summed E-state index contributed by atoms with van der Waals surface area (Å²) in [6.45, 7) is 2.73. The predicted octanol–water partition coefficient (Wildman–Crippen LogP) is 2.03. The van der Waals surface area contributed by atoms with Crippen molar-refractivity contribution in [2.45, 2.75) is 32.6 Å². The molecule has 0 atom stereocenters. The molecule has 1 amide bonds. The minimum absolute atomic E-state index is 0.365. The third kappa shape index (κ3) is 2.64. The van der Waals surface area contributed by atoms with E-state index in [1.165, 1.54) is 11.3 Å². The van der Waals surface area contributed by atoms with Crippen molar-refractivity contribution in [3.63, 3.8) is 0 Å². The maximum absolute atomic E-state index is 11.6.